The number of aryl methyl sites for hydroxylation is 1. The summed E-state index contributed by atoms with van der Waals surface area (Å²) in [5.74, 6) is 0.936. The van der Waals surface area contributed by atoms with Gasteiger partial charge in [0.2, 0.25) is 0 Å². The van der Waals surface area contributed by atoms with Crippen LogP contribution >= 0.6 is 11.3 Å². The van der Waals surface area contributed by atoms with Crippen molar-refractivity contribution in [1.29, 1.82) is 0 Å². The largest absolute Gasteiger partial charge is 0.309 e. The van der Waals surface area contributed by atoms with Crippen LogP contribution in [0.5, 0.6) is 0 Å². The first-order valence-corrected chi connectivity index (χ1v) is 7.82. The molecule has 0 aliphatic heterocycles. The molecule has 2 rings (SSSR count). The fourth-order valence-corrected chi connectivity index (χ4v) is 3.72. The SMILES string of the molecule is CCCNC(CC1CCCC1)c1scnc1C. The molecule has 0 spiro atoms. The molecule has 0 amide bonds. The molecule has 2 nitrogen and oxygen atoms in total. The fourth-order valence-electron chi connectivity index (χ4n) is 2.83. The van der Waals surface area contributed by atoms with Crippen LogP contribution in [-0.4, -0.2) is 11.5 Å². The zero-order valence-electron chi connectivity index (χ0n) is 11.0. The van der Waals surface area contributed by atoms with E-state index in [0.717, 1.165) is 12.5 Å². The van der Waals surface area contributed by atoms with Crippen LogP contribution in [0.15, 0.2) is 5.51 Å². The van der Waals surface area contributed by atoms with Gasteiger partial charge in [-0.15, -0.1) is 11.3 Å². The van der Waals surface area contributed by atoms with E-state index in [1.165, 1.54) is 49.1 Å². The van der Waals surface area contributed by atoms with Gasteiger partial charge in [0.05, 0.1) is 11.2 Å². The Morgan fingerprint density at radius 3 is 2.82 bits per heavy atom. The molecule has 1 fully saturated rings. The monoisotopic (exact) mass is 252 g/mol. The molecule has 0 saturated heterocycles. The Labute approximate surface area is 109 Å². The lowest BCUT2D eigenvalue weighted by molar-refractivity contribution is 0.398. The van der Waals surface area contributed by atoms with E-state index in [-0.39, 0.29) is 0 Å². The molecule has 0 bridgehead atoms. The van der Waals surface area contributed by atoms with Gasteiger partial charge in [-0.3, -0.25) is 0 Å². The third kappa shape index (κ3) is 3.52. The molecule has 96 valence electrons. The first kappa shape index (κ1) is 13.0. The highest BCUT2D eigenvalue weighted by Gasteiger charge is 2.22. The maximum atomic E-state index is 4.40. The number of thiazole rings is 1. The van der Waals surface area contributed by atoms with Crippen molar-refractivity contribution in [1.82, 2.24) is 10.3 Å². The lowest BCUT2D eigenvalue weighted by Gasteiger charge is -2.21. The molecule has 1 saturated carbocycles. The summed E-state index contributed by atoms with van der Waals surface area (Å²) in [4.78, 5) is 5.86. The minimum absolute atomic E-state index is 0.547. The second-order valence-electron chi connectivity index (χ2n) is 5.19. The van der Waals surface area contributed by atoms with Crippen molar-refractivity contribution >= 4 is 11.3 Å². The first-order valence-electron chi connectivity index (χ1n) is 6.94. The highest BCUT2D eigenvalue weighted by atomic mass is 32.1. The number of aromatic nitrogens is 1. The van der Waals surface area contributed by atoms with Gasteiger partial charge < -0.3 is 5.32 Å². The molecule has 1 atom stereocenters. The fraction of sp³-hybridized carbons (Fsp3) is 0.786. The van der Waals surface area contributed by atoms with Crippen LogP contribution in [-0.2, 0) is 0 Å². The summed E-state index contributed by atoms with van der Waals surface area (Å²) < 4.78 is 0. The van der Waals surface area contributed by atoms with Crippen LogP contribution in [0.3, 0.4) is 0 Å². The molecule has 1 aliphatic carbocycles. The van der Waals surface area contributed by atoms with E-state index in [0.29, 0.717) is 6.04 Å². The molecular weight excluding hydrogens is 228 g/mol. The molecule has 3 heteroatoms. The summed E-state index contributed by atoms with van der Waals surface area (Å²) in [6.07, 6.45) is 8.26. The lowest BCUT2D eigenvalue weighted by Crippen LogP contribution is -2.24. The Hall–Kier alpha value is -0.410. The highest BCUT2D eigenvalue weighted by molar-refractivity contribution is 7.09. The number of hydrogen-bond acceptors (Lipinski definition) is 3. The van der Waals surface area contributed by atoms with Crippen molar-refractivity contribution < 1.29 is 0 Å². The maximum Gasteiger partial charge on any atom is 0.0798 e. The minimum atomic E-state index is 0.547. The number of nitrogens with zero attached hydrogens (tertiary/aromatic N) is 1. The molecule has 0 aromatic carbocycles. The van der Waals surface area contributed by atoms with Crippen LogP contribution in [0.1, 0.15) is 62.1 Å². The average Bonchev–Trinajstić information content (AvgIpc) is 2.95. The van der Waals surface area contributed by atoms with Gasteiger partial charge in [-0.2, -0.15) is 0 Å². The quantitative estimate of drug-likeness (QED) is 0.825. The van der Waals surface area contributed by atoms with Crippen LogP contribution < -0.4 is 5.32 Å². The molecule has 1 aromatic rings. The Balaban J connectivity index is 1.99. The zero-order chi connectivity index (χ0) is 12.1. The topological polar surface area (TPSA) is 24.9 Å². The minimum Gasteiger partial charge on any atom is -0.309 e. The van der Waals surface area contributed by atoms with Gasteiger partial charge >= 0.3 is 0 Å². The van der Waals surface area contributed by atoms with Crippen LogP contribution in [0.2, 0.25) is 0 Å². The lowest BCUT2D eigenvalue weighted by atomic mass is 9.97. The summed E-state index contributed by atoms with van der Waals surface area (Å²) in [5, 5.41) is 3.71. The van der Waals surface area contributed by atoms with Gasteiger partial charge in [0.1, 0.15) is 0 Å². The first-order chi connectivity index (χ1) is 8.31. The van der Waals surface area contributed by atoms with Gasteiger partial charge in [-0.1, -0.05) is 32.6 Å². The van der Waals surface area contributed by atoms with Crippen molar-refractivity contribution in [3.05, 3.63) is 16.1 Å². The van der Waals surface area contributed by atoms with Gasteiger partial charge in [-0.05, 0) is 32.2 Å². The van der Waals surface area contributed by atoms with Crippen LogP contribution in [0.25, 0.3) is 0 Å². The highest BCUT2D eigenvalue weighted by Crippen LogP contribution is 2.35. The van der Waals surface area contributed by atoms with Crippen molar-refractivity contribution in [2.24, 2.45) is 5.92 Å². The molecular formula is C14H24N2S. The standard InChI is InChI=1S/C14H24N2S/c1-3-8-15-13(9-12-6-4-5-7-12)14-11(2)16-10-17-14/h10,12-13,15H,3-9H2,1-2H3. The third-order valence-corrected chi connectivity index (χ3v) is 4.83. The second-order valence-corrected chi connectivity index (χ2v) is 6.08. The normalized spacial score (nSPS) is 18.7. The van der Waals surface area contributed by atoms with E-state index in [2.05, 4.69) is 24.1 Å². The van der Waals surface area contributed by atoms with Crippen LogP contribution in [0, 0.1) is 12.8 Å². The predicted octanol–water partition coefficient (Wildman–Crippen LogP) is 4.07. The number of hydrogen-bond donors (Lipinski definition) is 1. The smallest absolute Gasteiger partial charge is 0.0798 e. The molecule has 1 unspecified atom stereocenters. The van der Waals surface area contributed by atoms with E-state index in [1.54, 1.807) is 0 Å². The summed E-state index contributed by atoms with van der Waals surface area (Å²) in [7, 11) is 0. The van der Waals surface area contributed by atoms with E-state index in [4.69, 9.17) is 0 Å². The summed E-state index contributed by atoms with van der Waals surface area (Å²) in [5.41, 5.74) is 3.21. The Kier molecular flexibility index (Phi) is 4.99. The third-order valence-electron chi connectivity index (χ3n) is 3.78. The van der Waals surface area contributed by atoms with Gasteiger partial charge in [-0.25, -0.2) is 4.98 Å². The molecule has 1 N–H and O–H groups in total. The summed E-state index contributed by atoms with van der Waals surface area (Å²) in [6.45, 7) is 5.50. The van der Waals surface area contributed by atoms with Crippen molar-refractivity contribution in [3.63, 3.8) is 0 Å². The van der Waals surface area contributed by atoms with E-state index in [1.807, 2.05) is 16.8 Å². The summed E-state index contributed by atoms with van der Waals surface area (Å²) in [6, 6.07) is 0.547. The molecule has 0 radical (unpaired) electrons. The van der Waals surface area contributed by atoms with Gasteiger partial charge in [0, 0.05) is 10.9 Å². The maximum absolute atomic E-state index is 4.40. The van der Waals surface area contributed by atoms with Gasteiger partial charge in [0.25, 0.3) is 0 Å². The molecule has 1 aliphatic rings. The Morgan fingerprint density at radius 2 is 2.24 bits per heavy atom. The molecule has 1 heterocycles. The van der Waals surface area contributed by atoms with Crippen molar-refractivity contribution in [3.8, 4) is 0 Å². The Morgan fingerprint density at radius 1 is 1.47 bits per heavy atom. The second kappa shape index (κ2) is 6.50. The Bertz CT molecular complexity index is 329. The van der Waals surface area contributed by atoms with E-state index < -0.39 is 0 Å². The summed E-state index contributed by atoms with van der Waals surface area (Å²) >= 11 is 1.82. The number of rotatable bonds is 6. The zero-order valence-corrected chi connectivity index (χ0v) is 11.9. The molecule has 17 heavy (non-hydrogen) atoms. The van der Waals surface area contributed by atoms with E-state index >= 15 is 0 Å². The molecule has 1 aromatic heterocycles. The predicted molar refractivity (Wildman–Crippen MR) is 74.5 cm³/mol. The number of nitrogens with one attached hydrogen (secondary N) is 1. The van der Waals surface area contributed by atoms with Crippen molar-refractivity contribution in [2.75, 3.05) is 6.54 Å². The van der Waals surface area contributed by atoms with Crippen LogP contribution in [0.4, 0.5) is 0 Å². The van der Waals surface area contributed by atoms with Crippen molar-refractivity contribution in [2.45, 2.75) is 58.4 Å². The average molecular weight is 252 g/mol. The van der Waals surface area contributed by atoms with E-state index in [9.17, 15) is 0 Å². The van der Waals surface area contributed by atoms with Gasteiger partial charge in [0.15, 0.2) is 0 Å².